The Balaban J connectivity index is 1.08. The number of amides is 1. The number of nitrogens with one attached hydrogen (secondary N) is 1. The summed E-state index contributed by atoms with van der Waals surface area (Å²) < 4.78 is 24.4. The molecule has 3 aromatic rings. The van der Waals surface area contributed by atoms with Gasteiger partial charge >= 0.3 is 0 Å². The molecule has 2 aliphatic rings. The molecule has 5 rings (SSSR count). The lowest BCUT2D eigenvalue weighted by molar-refractivity contribution is 0.0841. The first kappa shape index (κ1) is 27.6. The number of ether oxygens (including phenoxy) is 1. The van der Waals surface area contributed by atoms with Crippen LogP contribution in [0.1, 0.15) is 58.6 Å². The summed E-state index contributed by atoms with van der Waals surface area (Å²) in [4.78, 5) is 23.2. The van der Waals surface area contributed by atoms with E-state index >= 15 is 0 Å². The number of hydrogen-bond donors (Lipinski definition) is 2. The van der Waals surface area contributed by atoms with Crippen LogP contribution in [-0.4, -0.2) is 57.8 Å². The number of nitrogens with zero attached hydrogens (tertiary/aromatic N) is 3. The molecule has 1 saturated carbocycles. The number of halogens is 2. The number of carbonyl (C=O) groups excluding carboxylic acids is 1. The zero-order valence-corrected chi connectivity index (χ0v) is 22.6. The number of aliphatic hydroxyl groups is 1. The highest BCUT2D eigenvalue weighted by molar-refractivity contribution is 6.33. The Kier molecular flexibility index (Phi) is 9.11. The van der Waals surface area contributed by atoms with Gasteiger partial charge in [-0.15, -0.1) is 0 Å². The first-order chi connectivity index (χ1) is 18.9. The van der Waals surface area contributed by atoms with Crippen molar-refractivity contribution in [1.29, 1.82) is 0 Å². The molecule has 10 heteroatoms. The molecule has 1 amide bonds. The molecule has 39 heavy (non-hydrogen) atoms. The second kappa shape index (κ2) is 12.9. The monoisotopic (exact) mass is 556 g/mol. The molecule has 0 unspecified atom stereocenters. The summed E-state index contributed by atoms with van der Waals surface area (Å²) >= 11 is 6.63. The lowest BCUT2D eigenvalue weighted by atomic mass is 9.85. The van der Waals surface area contributed by atoms with Crippen molar-refractivity contribution in [3.63, 3.8) is 0 Å². The van der Waals surface area contributed by atoms with E-state index in [4.69, 9.17) is 20.8 Å². The molecular formula is C29H34ClFN4O4. The number of fused-ring (bicyclic) bond motifs is 1. The maximum atomic E-state index is 13.4. The van der Waals surface area contributed by atoms with Gasteiger partial charge in [-0.05, 0) is 73.8 Å². The number of β-amino-alcohol motifs (C(OH)–C–C–N with tert-alkyl or cyclic N) is 1. The molecule has 8 nitrogen and oxygen atoms in total. The van der Waals surface area contributed by atoms with E-state index in [0.29, 0.717) is 53.9 Å². The minimum absolute atomic E-state index is 0.148. The molecule has 2 aromatic heterocycles. The predicted octanol–water partition coefficient (Wildman–Crippen LogP) is 4.52. The molecule has 2 N–H and O–H groups in total. The smallest absolute Gasteiger partial charge is 0.251 e. The van der Waals surface area contributed by atoms with Crippen LogP contribution in [0.25, 0.3) is 0 Å². The van der Waals surface area contributed by atoms with Gasteiger partial charge in [0.25, 0.3) is 5.91 Å². The molecule has 208 valence electrons. The van der Waals surface area contributed by atoms with Gasteiger partial charge in [-0.25, -0.2) is 9.37 Å². The van der Waals surface area contributed by atoms with Crippen LogP contribution in [0.2, 0.25) is 5.02 Å². The fourth-order valence-corrected chi connectivity index (χ4v) is 5.74. The maximum Gasteiger partial charge on any atom is 0.251 e. The van der Waals surface area contributed by atoms with Gasteiger partial charge in [0.1, 0.15) is 18.5 Å². The zero-order chi connectivity index (χ0) is 27.2. The number of rotatable bonds is 10. The number of alkyl halides is 1. The van der Waals surface area contributed by atoms with E-state index in [0.717, 1.165) is 49.0 Å². The van der Waals surface area contributed by atoms with Gasteiger partial charge in [0.15, 0.2) is 12.2 Å². The van der Waals surface area contributed by atoms with Crippen molar-refractivity contribution in [2.24, 2.45) is 5.92 Å². The lowest BCUT2D eigenvalue weighted by Crippen LogP contribution is -2.42. The number of oxazole rings is 1. The second-order valence-electron chi connectivity index (χ2n) is 10.5. The Bertz CT molecular complexity index is 1250. The molecule has 1 aliphatic heterocycles. The standard InChI is InChI=1S/C29H34ClFN4O4/c30-28-26-8-10-35(15-21(26)3-6-27(28)38-17-25-14-32-18-39-25)16-24(36)13-34-29(37)20-7-9-33-23(12-20)11-19-1-4-22(31)5-2-19/h3,6-7,9,12,14,18-19,22,24,36H,1-2,4-5,8,10-11,13,15-17H2,(H,34,37)/t19?,22?,24-/m0/s1. The van der Waals surface area contributed by atoms with Crippen LogP contribution >= 0.6 is 11.6 Å². The SMILES string of the molecule is O=C(NC[C@H](O)CN1CCc2c(ccc(OCc3cnco3)c2Cl)C1)c1ccnc(CC2CCC(F)CC2)c1. The topological polar surface area (TPSA) is 101 Å². The van der Waals surface area contributed by atoms with E-state index < -0.39 is 12.3 Å². The van der Waals surface area contributed by atoms with Gasteiger partial charge in [0.2, 0.25) is 0 Å². The Morgan fingerprint density at radius 1 is 1.28 bits per heavy atom. The minimum atomic E-state index is -0.715. The van der Waals surface area contributed by atoms with Gasteiger partial charge in [0.05, 0.1) is 17.3 Å². The molecule has 3 heterocycles. The highest BCUT2D eigenvalue weighted by atomic mass is 35.5. The van der Waals surface area contributed by atoms with Crippen LogP contribution in [0.3, 0.4) is 0 Å². The van der Waals surface area contributed by atoms with Gasteiger partial charge in [-0.1, -0.05) is 17.7 Å². The second-order valence-corrected chi connectivity index (χ2v) is 10.9. The largest absolute Gasteiger partial charge is 0.484 e. The van der Waals surface area contributed by atoms with Crippen LogP contribution in [0.15, 0.2) is 47.5 Å². The van der Waals surface area contributed by atoms with Crippen molar-refractivity contribution in [2.75, 3.05) is 19.6 Å². The first-order valence-corrected chi connectivity index (χ1v) is 13.9. The lowest BCUT2D eigenvalue weighted by Gasteiger charge is -2.31. The molecule has 1 fully saturated rings. The van der Waals surface area contributed by atoms with Crippen molar-refractivity contribution < 1.29 is 23.4 Å². The van der Waals surface area contributed by atoms with Crippen LogP contribution < -0.4 is 10.1 Å². The van der Waals surface area contributed by atoms with E-state index in [2.05, 4.69) is 20.2 Å². The van der Waals surface area contributed by atoms with E-state index in [1.807, 2.05) is 12.1 Å². The normalized spacial score (nSPS) is 20.3. The number of aromatic nitrogens is 2. The maximum absolute atomic E-state index is 13.4. The van der Waals surface area contributed by atoms with Crippen LogP contribution in [-0.2, 0) is 26.0 Å². The average Bonchev–Trinajstić information content (AvgIpc) is 3.47. The quantitative estimate of drug-likeness (QED) is 0.378. The van der Waals surface area contributed by atoms with Crippen LogP contribution in [0.4, 0.5) is 4.39 Å². The first-order valence-electron chi connectivity index (χ1n) is 13.5. The van der Waals surface area contributed by atoms with Crippen molar-refractivity contribution in [3.05, 3.63) is 76.2 Å². The predicted molar refractivity (Wildman–Crippen MR) is 144 cm³/mol. The van der Waals surface area contributed by atoms with Crippen molar-refractivity contribution in [3.8, 4) is 5.75 Å². The van der Waals surface area contributed by atoms with Crippen LogP contribution in [0, 0.1) is 5.92 Å². The Labute approximate surface area is 232 Å². The molecule has 1 aromatic carbocycles. The summed E-state index contributed by atoms with van der Waals surface area (Å²) in [5.74, 6) is 1.40. The third kappa shape index (κ3) is 7.35. The number of aliphatic hydroxyl groups excluding tert-OH is 1. The third-order valence-electron chi connectivity index (χ3n) is 7.55. The summed E-state index contributed by atoms with van der Waals surface area (Å²) in [6.07, 6.45) is 7.64. The fourth-order valence-electron chi connectivity index (χ4n) is 5.41. The van der Waals surface area contributed by atoms with Gasteiger partial charge in [0, 0.05) is 43.6 Å². The highest BCUT2D eigenvalue weighted by Gasteiger charge is 2.24. The summed E-state index contributed by atoms with van der Waals surface area (Å²) in [6, 6.07) is 7.34. The fraction of sp³-hybridized carbons (Fsp3) is 0.483. The zero-order valence-electron chi connectivity index (χ0n) is 21.8. The van der Waals surface area contributed by atoms with Gasteiger partial charge in [-0.3, -0.25) is 14.7 Å². The minimum Gasteiger partial charge on any atom is -0.484 e. The van der Waals surface area contributed by atoms with Crippen molar-refractivity contribution in [1.82, 2.24) is 20.2 Å². The molecule has 0 spiro atoms. The van der Waals surface area contributed by atoms with Crippen LogP contribution in [0.5, 0.6) is 5.75 Å². The molecular weight excluding hydrogens is 523 g/mol. The van der Waals surface area contributed by atoms with E-state index in [9.17, 15) is 14.3 Å². The van der Waals surface area contributed by atoms with Gasteiger partial charge in [-0.2, -0.15) is 0 Å². The van der Waals surface area contributed by atoms with Crippen molar-refractivity contribution in [2.45, 2.75) is 64.0 Å². The Hall–Kier alpha value is -3.01. The number of benzene rings is 1. The molecule has 0 bridgehead atoms. The Morgan fingerprint density at radius 2 is 2.13 bits per heavy atom. The van der Waals surface area contributed by atoms with Gasteiger partial charge < -0.3 is 19.6 Å². The molecule has 1 aliphatic carbocycles. The summed E-state index contributed by atoms with van der Waals surface area (Å²) in [7, 11) is 0. The van der Waals surface area contributed by atoms with E-state index in [1.54, 1.807) is 24.5 Å². The summed E-state index contributed by atoms with van der Waals surface area (Å²) in [6.45, 7) is 2.22. The number of pyridine rings is 1. The van der Waals surface area contributed by atoms with E-state index in [-0.39, 0.29) is 19.1 Å². The Morgan fingerprint density at radius 3 is 2.92 bits per heavy atom. The summed E-state index contributed by atoms with van der Waals surface area (Å²) in [5.41, 5.74) is 3.52. The molecule has 0 radical (unpaired) electrons. The molecule has 0 saturated heterocycles. The molecule has 1 atom stereocenters. The number of carbonyl (C=O) groups is 1. The van der Waals surface area contributed by atoms with E-state index in [1.165, 1.54) is 6.39 Å². The summed E-state index contributed by atoms with van der Waals surface area (Å²) in [5, 5.41) is 14.1. The average molecular weight is 557 g/mol. The highest BCUT2D eigenvalue weighted by Crippen LogP contribution is 2.34. The number of hydrogen-bond acceptors (Lipinski definition) is 7. The third-order valence-corrected chi connectivity index (χ3v) is 7.96. The van der Waals surface area contributed by atoms with Crippen molar-refractivity contribution >= 4 is 17.5 Å².